The molecule has 0 bridgehead atoms. The summed E-state index contributed by atoms with van der Waals surface area (Å²) in [5, 5.41) is 0. The van der Waals surface area contributed by atoms with E-state index in [4.69, 9.17) is 9.47 Å². The van der Waals surface area contributed by atoms with Crippen LogP contribution in [-0.4, -0.2) is 25.2 Å². The Morgan fingerprint density at radius 3 is 1.34 bits per heavy atom. The Morgan fingerprint density at radius 1 is 0.621 bits per heavy atom. The molecular formula is C24H38FeO4. The number of benzene rings is 1. The summed E-state index contributed by atoms with van der Waals surface area (Å²) in [4.78, 5) is 24.7. The molecule has 0 radical (unpaired) electrons. The third-order valence-corrected chi connectivity index (χ3v) is 4.83. The number of hydrogen-bond donors (Lipinski definition) is 0. The largest absolute Gasteiger partial charge is 0.462 e. The third-order valence-electron chi connectivity index (χ3n) is 4.83. The minimum atomic E-state index is -0.444. The number of carbonyl (C=O) groups is 2. The van der Waals surface area contributed by atoms with Crippen molar-refractivity contribution < 1.29 is 36.1 Å². The first-order chi connectivity index (χ1) is 13.7. The second-order valence-electron chi connectivity index (χ2n) is 7.35. The van der Waals surface area contributed by atoms with Gasteiger partial charge in [-0.15, -0.1) is 0 Å². The Labute approximate surface area is 187 Å². The van der Waals surface area contributed by atoms with Crippen molar-refractivity contribution >= 4 is 11.9 Å². The van der Waals surface area contributed by atoms with E-state index >= 15 is 0 Å². The van der Waals surface area contributed by atoms with E-state index in [0.717, 1.165) is 25.7 Å². The van der Waals surface area contributed by atoms with Crippen molar-refractivity contribution in [2.24, 2.45) is 0 Å². The fraction of sp³-hybridized carbons (Fsp3) is 0.667. The molecule has 4 nitrogen and oxygen atoms in total. The van der Waals surface area contributed by atoms with Gasteiger partial charge < -0.3 is 9.47 Å². The molecule has 0 fully saturated rings. The molecule has 0 heterocycles. The van der Waals surface area contributed by atoms with Crippen molar-refractivity contribution in [1.82, 2.24) is 0 Å². The summed E-state index contributed by atoms with van der Waals surface area (Å²) in [6, 6.07) is 6.74. The summed E-state index contributed by atoms with van der Waals surface area (Å²) in [5.74, 6) is -0.888. The first-order valence-electron chi connectivity index (χ1n) is 11.1. The number of ether oxygens (including phenoxy) is 2. The first-order valence-corrected chi connectivity index (χ1v) is 11.1. The van der Waals surface area contributed by atoms with Crippen LogP contribution in [0.2, 0.25) is 0 Å². The maximum atomic E-state index is 12.4. The van der Waals surface area contributed by atoms with Crippen molar-refractivity contribution in [1.29, 1.82) is 0 Å². The molecular weight excluding hydrogens is 408 g/mol. The molecule has 0 N–H and O–H groups in total. The van der Waals surface area contributed by atoms with E-state index in [1.807, 2.05) is 0 Å². The van der Waals surface area contributed by atoms with E-state index in [1.54, 1.807) is 24.3 Å². The Kier molecular flexibility index (Phi) is 17.8. The van der Waals surface area contributed by atoms with Crippen LogP contribution in [0.5, 0.6) is 0 Å². The quantitative estimate of drug-likeness (QED) is 0.161. The summed E-state index contributed by atoms with van der Waals surface area (Å²) in [7, 11) is 0. The number of rotatable bonds is 16. The van der Waals surface area contributed by atoms with E-state index in [-0.39, 0.29) is 17.1 Å². The van der Waals surface area contributed by atoms with Crippen molar-refractivity contribution in [2.45, 2.75) is 90.9 Å². The zero-order chi connectivity index (χ0) is 20.5. The average Bonchev–Trinajstić information content (AvgIpc) is 2.72. The predicted molar refractivity (Wildman–Crippen MR) is 114 cm³/mol. The van der Waals surface area contributed by atoms with Crippen LogP contribution in [-0.2, 0) is 26.5 Å². The molecule has 1 rings (SSSR count). The number of carbonyl (C=O) groups excluding carboxylic acids is 2. The van der Waals surface area contributed by atoms with Crippen molar-refractivity contribution in [3.8, 4) is 0 Å². The molecule has 0 spiro atoms. The van der Waals surface area contributed by atoms with Gasteiger partial charge >= 0.3 is 11.9 Å². The minimum absolute atomic E-state index is 0. The van der Waals surface area contributed by atoms with E-state index in [9.17, 15) is 9.59 Å². The molecule has 0 aliphatic heterocycles. The SMILES string of the molecule is CCCCCCCCOC(=O)c1ccccc1C(=O)OCCCCCCCC.[Fe]. The molecule has 166 valence electrons. The van der Waals surface area contributed by atoms with Crippen LogP contribution in [0, 0.1) is 0 Å². The van der Waals surface area contributed by atoms with Crippen LogP contribution >= 0.6 is 0 Å². The van der Waals surface area contributed by atoms with E-state index < -0.39 is 11.9 Å². The first kappa shape index (κ1) is 27.7. The van der Waals surface area contributed by atoms with Gasteiger partial charge in [-0.3, -0.25) is 0 Å². The van der Waals surface area contributed by atoms with E-state index in [1.165, 1.54) is 51.4 Å². The summed E-state index contributed by atoms with van der Waals surface area (Å²) in [5.41, 5.74) is 0.586. The van der Waals surface area contributed by atoms with Crippen molar-refractivity contribution in [3.05, 3.63) is 35.4 Å². The average molecular weight is 446 g/mol. The maximum absolute atomic E-state index is 12.4. The van der Waals surface area contributed by atoms with Gasteiger partial charge in [0.2, 0.25) is 0 Å². The van der Waals surface area contributed by atoms with Gasteiger partial charge in [-0.1, -0.05) is 90.2 Å². The Bertz CT molecular complexity index is 511. The molecule has 0 aliphatic rings. The summed E-state index contributed by atoms with van der Waals surface area (Å²) >= 11 is 0. The van der Waals surface area contributed by atoms with Crippen LogP contribution in [0.1, 0.15) is 112 Å². The molecule has 0 saturated carbocycles. The van der Waals surface area contributed by atoms with Crippen LogP contribution in [0.15, 0.2) is 24.3 Å². The topological polar surface area (TPSA) is 52.6 Å². The van der Waals surface area contributed by atoms with Crippen LogP contribution < -0.4 is 0 Å². The van der Waals surface area contributed by atoms with Gasteiger partial charge in [0.25, 0.3) is 0 Å². The fourth-order valence-electron chi connectivity index (χ4n) is 3.09. The second-order valence-corrected chi connectivity index (χ2v) is 7.35. The molecule has 0 saturated heterocycles. The molecule has 0 unspecified atom stereocenters. The van der Waals surface area contributed by atoms with Gasteiger partial charge in [0, 0.05) is 17.1 Å². The van der Waals surface area contributed by atoms with Gasteiger partial charge in [0.15, 0.2) is 0 Å². The number of unbranched alkanes of at least 4 members (excludes halogenated alkanes) is 10. The normalized spacial score (nSPS) is 10.3. The van der Waals surface area contributed by atoms with E-state index in [2.05, 4.69) is 13.8 Å². The standard InChI is InChI=1S/C24H38O4.Fe/c1-3-5-7-9-11-15-19-27-23(25)21-17-13-14-18-22(21)24(26)28-20-16-12-10-8-6-4-2;/h13-14,17-18H,3-12,15-16,19-20H2,1-2H3;. The summed E-state index contributed by atoms with van der Waals surface area (Å²) in [6.07, 6.45) is 13.6. The molecule has 1 aromatic carbocycles. The molecule has 0 atom stereocenters. The zero-order valence-electron chi connectivity index (χ0n) is 18.2. The zero-order valence-corrected chi connectivity index (χ0v) is 19.3. The van der Waals surface area contributed by atoms with Gasteiger partial charge in [-0.2, -0.15) is 0 Å². The number of esters is 2. The molecule has 0 amide bonds. The molecule has 0 aliphatic carbocycles. The van der Waals surface area contributed by atoms with Crippen LogP contribution in [0.3, 0.4) is 0 Å². The van der Waals surface area contributed by atoms with Gasteiger partial charge in [-0.25, -0.2) is 9.59 Å². The third kappa shape index (κ3) is 12.8. The summed E-state index contributed by atoms with van der Waals surface area (Å²) in [6.45, 7) is 5.17. The van der Waals surface area contributed by atoms with E-state index in [0.29, 0.717) is 24.3 Å². The molecule has 5 heteroatoms. The van der Waals surface area contributed by atoms with Crippen molar-refractivity contribution in [3.63, 3.8) is 0 Å². The van der Waals surface area contributed by atoms with Gasteiger partial charge in [0.1, 0.15) is 0 Å². The summed E-state index contributed by atoms with van der Waals surface area (Å²) < 4.78 is 10.7. The molecule has 1 aromatic rings. The maximum Gasteiger partial charge on any atom is 0.339 e. The Balaban J connectivity index is 0.00000784. The minimum Gasteiger partial charge on any atom is -0.462 e. The Hall–Kier alpha value is -1.32. The fourth-order valence-corrected chi connectivity index (χ4v) is 3.09. The molecule has 0 aromatic heterocycles. The second kappa shape index (κ2) is 18.7. The van der Waals surface area contributed by atoms with Gasteiger partial charge in [0.05, 0.1) is 24.3 Å². The monoisotopic (exact) mass is 446 g/mol. The number of hydrogen-bond acceptors (Lipinski definition) is 4. The van der Waals surface area contributed by atoms with Crippen molar-refractivity contribution in [2.75, 3.05) is 13.2 Å². The van der Waals surface area contributed by atoms with Gasteiger partial charge in [-0.05, 0) is 25.0 Å². The van der Waals surface area contributed by atoms with Crippen LogP contribution in [0.4, 0.5) is 0 Å². The Morgan fingerprint density at radius 2 is 0.966 bits per heavy atom. The predicted octanol–water partition coefficient (Wildman–Crippen LogP) is 6.72. The van der Waals surface area contributed by atoms with Crippen LogP contribution in [0.25, 0.3) is 0 Å². The molecule has 29 heavy (non-hydrogen) atoms. The smallest absolute Gasteiger partial charge is 0.339 e.